The van der Waals surface area contributed by atoms with E-state index in [-0.39, 0.29) is 55.1 Å². The molecule has 5 heterocycles. The van der Waals surface area contributed by atoms with E-state index in [1.54, 1.807) is 17.0 Å². The summed E-state index contributed by atoms with van der Waals surface area (Å²) in [5.74, 6) is 0.335. The van der Waals surface area contributed by atoms with Crippen molar-refractivity contribution in [2.45, 2.75) is 64.3 Å². The smallest absolute Gasteiger partial charge is 0.407 e. The monoisotopic (exact) mass is 698 g/mol. The molecule has 1 aromatic carbocycles. The summed E-state index contributed by atoms with van der Waals surface area (Å²) >= 11 is 0. The second-order valence-corrected chi connectivity index (χ2v) is 14.1. The van der Waals surface area contributed by atoms with Crippen molar-refractivity contribution < 1.29 is 38.0 Å². The molecule has 0 bridgehead atoms. The molecule has 1 aromatic heterocycles. The molecule has 0 radical (unpaired) electrons. The molecule has 1 N–H and O–H groups in total. The van der Waals surface area contributed by atoms with E-state index in [0.717, 1.165) is 30.8 Å². The molecular formula is C36H51FN6O7. The van der Waals surface area contributed by atoms with Crippen molar-refractivity contribution >= 4 is 17.7 Å². The van der Waals surface area contributed by atoms with E-state index in [9.17, 15) is 19.1 Å². The summed E-state index contributed by atoms with van der Waals surface area (Å²) in [4.78, 5) is 41.4. The number of hydrogen-bond acceptors (Lipinski definition) is 10. The maximum absolute atomic E-state index is 14.4. The molecule has 0 aliphatic carbocycles. The van der Waals surface area contributed by atoms with Gasteiger partial charge in [-0.2, -0.15) is 4.98 Å². The Kier molecular flexibility index (Phi) is 11.7. The number of amides is 2. The number of piperazine rings is 1. The van der Waals surface area contributed by atoms with Gasteiger partial charge in [0.2, 0.25) is 17.7 Å². The van der Waals surface area contributed by atoms with Crippen LogP contribution in [-0.2, 0) is 20.7 Å². The van der Waals surface area contributed by atoms with Crippen LogP contribution in [0.15, 0.2) is 30.3 Å². The fourth-order valence-electron chi connectivity index (χ4n) is 7.48. The van der Waals surface area contributed by atoms with Gasteiger partial charge in [0.05, 0.1) is 39.0 Å². The van der Waals surface area contributed by atoms with Crippen LogP contribution in [0.4, 0.5) is 14.9 Å². The quantitative estimate of drug-likeness (QED) is 0.395. The molecule has 3 saturated heterocycles. The summed E-state index contributed by atoms with van der Waals surface area (Å²) in [6, 6.07) is 7.90. The van der Waals surface area contributed by atoms with Gasteiger partial charge in [0, 0.05) is 75.4 Å². The molecule has 4 aliphatic heterocycles. The third kappa shape index (κ3) is 8.48. The van der Waals surface area contributed by atoms with Gasteiger partial charge in [0.1, 0.15) is 24.7 Å². The van der Waals surface area contributed by atoms with E-state index < -0.39 is 6.09 Å². The zero-order valence-electron chi connectivity index (χ0n) is 29.6. The average Bonchev–Trinajstić information content (AvgIpc) is 3.09. The van der Waals surface area contributed by atoms with Gasteiger partial charge in [-0.1, -0.05) is 12.1 Å². The van der Waals surface area contributed by atoms with E-state index >= 15 is 0 Å². The van der Waals surface area contributed by atoms with Crippen molar-refractivity contribution in [2.24, 2.45) is 0 Å². The number of anilines is 1. The molecule has 2 aromatic rings. The first kappa shape index (κ1) is 36.2. The minimum atomic E-state index is -0.949. The van der Waals surface area contributed by atoms with E-state index in [1.807, 2.05) is 19.9 Å². The number of carbonyl (C=O) groups is 2. The Balaban J connectivity index is 1.25. The summed E-state index contributed by atoms with van der Waals surface area (Å²) in [6.07, 6.45) is -0.522. The maximum atomic E-state index is 14.4. The molecule has 0 spiro atoms. The Morgan fingerprint density at radius 1 is 0.960 bits per heavy atom. The standard InChI is InChI=1S/C36H51FN6O7/c1-24-17-40(31(19-42(24)36(45)46)18-41-25(2)21-48-22-26(41)3)20-33(44)43-27(4)23-50-35-32(43)16-29(15-28-5-7-30(37)8-6-28)34(38-35)49-14-11-39-9-12-47-13-10-39/h5-8,16,24-27,31H,9-15,17-23H2,1-4H3,(H,45,46)/t24-,25-,26-,27?,31+/m1/s1. The van der Waals surface area contributed by atoms with Crippen LogP contribution in [0.2, 0.25) is 0 Å². The number of benzene rings is 1. The Hall–Kier alpha value is -3.56. The fourth-order valence-corrected chi connectivity index (χ4v) is 7.48. The van der Waals surface area contributed by atoms with Crippen LogP contribution in [0.25, 0.3) is 0 Å². The SMILES string of the molecule is CC1COc2nc(OCCN3CCOCC3)c(Cc3ccc(F)cc3)cc2N1C(=O)CN1C[C@@H](C)N(C(=O)O)C[C@@H]1CN1[C@H](C)COC[C@H]1C. The van der Waals surface area contributed by atoms with Gasteiger partial charge >= 0.3 is 6.09 Å². The lowest BCUT2D eigenvalue weighted by atomic mass is 10.0. The van der Waals surface area contributed by atoms with Crippen molar-refractivity contribution in [1.29, 1.82) is 0 Å². The molecule has 13 nitrogen and oxygen atoms in total. The number of carboxylic acid groups (broad SMARTS) is 1. The van der Waals surface area contributed by atoms with Crippen molar-refractivity contribution in [2.75, 3.05) is 90.4 Å². The number of morpholine rings is 2. The number of ether oxygens (including phenoxy) is 4. The molecule has 3 fully saturated rings. The highest BCUT2D eigenvalue weighted by atomic mass is 19.1. The molecule has 2 amide bonds. The maximum Gasteiger partial charge on any atom is 0.407 e. The summed E-state index contributed by atoms with van der Waals surface area (Å²) in [5.41, 5.74) is 2.22. The Labute approximate surface area is 293 Å². The topological polar surface area (TPSA) is 120 Å². The van der Waals surface area contributed by atoms with E-state index in [1.165, 1.54) is 17.0 Å². The normalized spacial score (nSPS) is 26.7. The largest absolute Gasteiger partial charge is 0.476 e. The molecular weight excluding hydrogens is 647 g/mol. The van der Waals surface area contributed by atoms with E-state index in [4.69, 9.17) is 23.9 Å². The lowest BCUT2D eigenvalue weighted by Gasteiger charge is -2.48. The van der Waals surface area contributed by atoms with Crippen molar-refractivity contribution in [3.05, 3.63) is 47.3 Å². The second-order valence-electron chi connectivity index (χ2n) is 14.1. The third-order valence-electron chi connectivity index (χ3n) is 10.3. The van der Waals surface area contributed by atoms with Crippen molar-refractivity contribution in [3.8, 4) is 11.8 Å². The van der Waals surface area contributed by atoms with Crippen molar-refractivity contribution in [1.82, 2.24) is 24.6 Å². The number of pyridine rings is 1. The van der Waals surface area contributed by atoms with Gasteiger partial charge in [-0.3, -0.25) is 19.5 Å². The first-order chi connectivity index (χ1) is 24.1. The molecule has 6 rings (SSSR count). The number of nitrogens with zero attached hydrogens (tertiary/aromatic N) is 6. The Morgan fingerprint density at radius 3 is 2.38 bits per heavy atom. The number of fused-ring (bicyclic) bond motifs is 1. The Bertz CT molecular complexity index is 1470. The average molecular weight is 699 g/mol. The first-order valence-corrected chi connectivity index (χ1v) is 17.8. The van der Waals surface area contributed by atoms with Crippen LogP contribution < -0.4 is 14.4 Å². The minimum Gasteiger partial charge on any atom is -0.476 e. The summed E-state index contributed by atoms with van der Waals surface area (Å²) in [6.45, 7) is 15.3. The van der Waals surface area contributed by atoms with Gasteiger partial charge in [-0.25, -0.2) is 9.18 Å². The van der Waals surface area contributed by atoms with Crippen LogP contribution in [-0.4, -0.2) is 157 Å². The third-order valence-corrected chi connectivity index (χ3v) is 10.3. The Morgan fingerprint density at radius 2 is 1.68 bits per heavy atom. The zero-order valence-corrected chi connectivity index (χ0v) is 29.6. The predicted molar refractivity (Wildman–Crippen MR) is 185 cm³/mol. The van der Waals surface area contributed by atoms with E-state index in [0.29, 0.717) is 76.5 Å². The molecule has 4 aliphatic rings. The van der Waals surface area contributed by atoms with Gasteiger partial charge in [-0.15, -0.1) is 0 Å². The fraction of sp³-hybridized carbons (Fsp3) is 0.639. The number of halogens is 1. The van der Waals surface area contributed by atoms with Crippen molar-refractivity contribution in [3.63, 3.8) is 0 Å². The minimum absolute atomic E-state index is 0.110. The van der Waals surface area contributed by atoms with Gasteiger partial charge in [0.15, 0.2) is 0 Å². The highest BCUT2D eigenvalue weighted by Crippen LogP contribution is 2.38. The molecule has 274 valence electrons. The number of carbonyl (C=O) groups excluding carboxylic acids is 1. The molecule has 50 heavy (non-hydrogen) atoms. The molecule has 14 heteroatoms. The van der Waals surface area contributed by atoms with Crippen LogP contribution in [0.3, 0.4) is 0 Å². The van der Waals surface area contributed by atoms with Gasteiger partial charge in [-0.05, 0) is 51.5 Å². The first-order valence-electron chi connectivity index (χ1n) is 17.8. The van der Waals surface area contributed by atoms with Crippen LogP contribution in [0.5, 0.6) is 11.8 Å². The second kappa shape index (κ2) is 16.2. The van der Waals surface area contributed by atoms with Gasteiger partial charge in [0.25, 0.3) is 0 Å². The number of aromatic nitrogens is 1. The lowest BCUT2D eigenvalue weighted by molar-refractivity contribution is -0.122. The van der Waals surface area contributed by atoms with Crippen LogP contribution >= 0.6 is 0 Å². The van der Waals surface area contributed by atoms with Gasteiger partial charge < -0.3 is 33.9 Å². The number of hydrogen-bond donors (Lipinski definition) is 1. The van der Waals surface area contributed by atoms with Crippen LogP contribution in [0.1, 0.15) is 38.8 Å². The lowest BCUT2D eigenvalue weighted by Crippen LogP contribution is -2.65. The molecule has 5 atom stereocenters. The summed E-state index contributed by atoms with van der Waals surface area (Å²) in [5, 5.41) is 9.98. The van der Waals surface area contributed by atoms with E-state index in [2.05, 4.69) is 28.5 Å². The zero-order chi connectivity index (χ0) is 35.4. The highest BCUT2D eigenvalue weighted by molar-refractivity contribution is 5.97. The number of rotatable bonds is 10. The predicted octanol–water partition coefficient (Wildman–Crippen LogP) is 2.80. The summed E-state index contributed by atoms with van der Waals surface area (Å²) < 4.78 is 37.4. The highest BCUT2D eigenvalue weighted by Gasteiger charge is 2.40. The molecule has 1 unspecified atom stereocenters. The molecule has 0 saturated carbocycles. The summed E-state index contributed by atoms with van der Waals surface area (Å²) in [7, 11) is 0. The van der Waals surface area contributed by atoms with Crippen LogP contribution in [0, 0.1) is 5.82 Å².